The molecular formula is C12H22O5. The molecule has 0 saturated heterocycles. The molecule has 0 aliphatic carbocycles. The molecule has 1 unspecified atom stereocenters. The van der Waals surface area contributed by atoms with E-state index in [0.717, 1.165) is 0 Å². The summed E-state index contributed by atoms with van der Waals surface area (Å²) in [6.45, 7) is 8.00. The molecule has 0 aliphatic heterocycles. The van der Waals surface area contributed by atoms with E-state index in [2.05, 4.69) is 4.74 Å². The number of ether oxygens (including phenoxy) is 3. The van der Waals surface area contributed by atoms with Crippen molar-refractivity contribution in [3.05, 3.63) is 0 Å². The molecular weight excluding hydrogens is 224 g/mol. The van der Waals surface area contributed by atoms with Crippen molar-refractivity contribution in [2.24, 2.45) is 5.92 Å². The maximum atomic E-state index is 11.3. The Morgan fingerprint density at radius 3 is 2.12 bits per heavy atom. The van der Waals surface area contributed by atoms with Gasteiger partial charge in [0.2, 0.25) is 0 Å². The van der Waals surface area contributed by atoms with Crippen LogP contribution < -0.4 is 0 Å². The minimum Gasteiger partial charge on any atom is -0.466 e. The summed E-state index contributed by atoms with van der Waals surface area (Å²) in [6, 6.07) is 0. The van der Waals surface area contributed by atoms with E-state index >= 15 is 0 Å². The first-order valence-corrected chi connectivity index (χ1v) is 5.98. The Morgan fingerprint density at radius 2 is 1.65 bits per heavy atom. The molecule has 0 N–H and O–H groups in total. The second-order valence-corrected chi connectivity index (χ2v) is 4.06. The smallest absolute Gasteiger partial charge is 0.466 e. The van der Waals surface area contributed by atoms with Gasteiger partial charge >= 0.3 is 12.1 Å². The number of carbonyl (C=O) groups excluding carboxylic acids is 2. The third-order valence-electron chi connectivity index (χ3n) is 1.96. The lowest BCUT2D eigenvalue weighted by atomic mass is 10.0. The Hall–Kier alpha value is -1.26. The average Bonchev–Trinajstić information content (AvgIpc) is 2.16. The van der Waals surface area contributed by atoms with Crippen LogP contribution in [0.25, 0.3) is 0 Å². The summed E-state index contributed by atoms with van der Waals surface area (Å²) < 4.78 is 14.6. The highest BCUT2D eigenvalue weighted by Crippen LogP contribution is 2.13. The normalized spacial score (nSPS) is 12.1. The van der Waals surface area contributed by atoms with Crippen molar-refractivity contribution < 1.29 is 23.8 Å². The number of rotatable bonds is 7. The van der Waals surface area contributed by atoms with E-state index in [1.54, 1.807) is 13.8 Å². The summed E-state index contributed by atoms with van der Waals surface area (Å²) in [4.78, 5) is 22.5. The Labute approximate surface area is 102 Å². The van der Waals surface area contributed by atoms with Crippen LogP contribution in [0.5, 0.6) is 0 Å². The monoisotopic (exact) mass is 246 g/mol. The maximum absolute atomic E-state index is 11.3. The largest absolute Gasteiger partial charge is 0.508 e. The van der Waals surface area contributed by atoms with Gasteiger partial charge in [0.05, 0.1) is 19.6 Å². The van der Waals surface area contributed by atoms with Crippen molar-refractivity contribution in [1.29, 1.82) is 0 Å². The molecule has 0 bridgehead atoms. The van der Waals surface area contributed by atoms with Gasteiger partial charge in [-0.3, -0.25) is 4.79 Å². The van der Waals surface area contributed by atoms with Crippen LogP contribution in [0.3, 0.4) is 0 Å². The molecule has 100 valence electrons. The molecule has 0 amide bonds. The quantitative estimate of drug-likeness (QED) is 0.646. The summed E-state index contributed by atoms with van der Waals surface area (Å²) in [5, 5.41) is 0. The van der Waals surface area contributed by atoms with E-state index in [9.17, 15) is 9.59 Å². The molecule has 0 aromatic rings. The minimum absolute atomic E-state index is 0.0742. The molecule has 0 radical (unpaired) electrons. The van der Waals surface area contributed by atoms with E-state index in [4.69, 9.17) is 9.47 Å². The van der Waals surface area contributed by atoms with Gasteiger partial charge in [-0.1, -0.05) is 13.8 Å². The van der Waals surface area contributed by atoms with Gasteiger partial charge in [0.1, 0.15) is 6.10 Å². The van der Waals surface area contributed by atoms with E-state index in [1.807, 2.05) is 13.8 Å². The van der Waals surface area contributed by atoms with Crippen LogP contribution in [0, 0.1) is 5.92 Å². The SMILES string of the molecule is CCOC(=O)CC(CC(C)C)OC(=O)OCC. The van der Waals surface area contributed by atoms with Gasteiger partial charge in [0.25, 0.3) is 0 Å². The standard InChI is InChI=1S/C12H22O5/c1-5-15-11(13)8-10(7-9(3)4)17-12(14)16-6-2/h9-10H,5-8H2,1-4H3. The van der Waals surface area contributed by atoms with Crippen LogP contribution in [0.2, 0.25) is 0 Å². The summed E-state index contributed by atoms with van der Waals surface area (Å²) in [5.41, 5.74) is 0. The predicted octanol–water partition coefficient (Wildman–Crippen LogP) is 2.53. The third kappa shape index (κ3) is 8.54. The van der Waals surface area contributed by atoms with Gasteiger partial charge in [-0.2, -0.15) is 0 Å². The molecule has 17 heavy (non-hydrogen) atoms. The van der Waals surface area contributed by atoms with Crippen LogP contribution in [-0.2, 0) is 19.0 Å². The van der Waals surface area contributed by atoms with Crippen LogP contribution >= 0.6 is 0 Å². The number of hydrogen-bond acceptors (Lipinski definition) is 5. The lowest BCUT2D eigenvalue weighted by molar-refractivity contribution is -0.145. The molecule has 0 fully saturated rings. The molecule has 0 rings (SSSR count). The van der Waals surface area contributed by atoms with Crippen molar-refractivity contribution in [2.75, 3.05) is 13.2 Å². The molecule has 0 heterocycles. The van der Waals surface area contributed by atoms with Crippen molar-refractivity contribution in [2.45, 2.75) is 46.6 Å². The van der Waals surface area contributed by atoms with Gasteiger partial charge in [-0.05, 0) is 26.2 Å². The Kier molecular flexibility index (Phi) is 8.19. The lowest BCUT2D eigenvalue weighted by Crippen LogP contribution is -2.24. The first-order chi connectivity index (χ1) is 7.99. The van der Waals surface area contributed by atoms with Crippen molar-refractivity contribution in [1.82, 2.24) is 0 Å². The van der Waals surface area contributed by atoms with E-state index in [1.165, 1.54) is 0 Å². The van der Waals surface area contributed by atoms with Crippen LogP contribution in [0.1, 0.15) is 40.5 Å². The zero-order chi connectivity index (χ0) is 13.3. The Balaban J connectivity index is 4.22. The molecule has 0 spiro atoms. The second kappa shape index (κ2) is 8.84. The van der Waals surface area contributed by atoms with Gasteiger partial charge in [-0.15, -0.1) is 0 Å². The van der Waals surface area contributed by atoms with E-state index in [-0.39, 0.29) is 19.0 Å². The van der Waals surface area contributed by atoms with Gasteiger partial charge in [-0.25, -0.2) is 4.79 Å². The Bertz CT molecular complexity index is 217. The highest BCUT2D eigenvalue weighted by Gasteiger charge is 2.21. The third-order valence-corrected chi connectivity index (χ3v) is 1.96. The molecule has 0 aromatic carbocycles. The predicted molar refractivity (Wildman–Crippen MR) is 62.6 cm³/mol. The van der Waals surface area contributed by atoms with Crippen LogP contribution in [-0.4, -0.2) is 31.4 Å². The highest BCUT2D eigenvalue weighted by molar-refractivity contribution is 5.70. The van der Waals surface area contributed by atoms with E-state index < -0.39 is 12.3 Å². The summed E-state index contributed by atoms with van der Waals surface area (Å²) in [5.74, 6) is -0.0358. The molecule has 5 nitrogen and oxygen atoms in total. The zero-order valence-electron chi connectivity index (χ0n) is 11.0. The fraction of sp³-hybridized carbons (Fsp3) is 0.833. The zero-order valence-corrected chi connectivity index (χ0v) is 11.0. The molecule has 0 saturated carbocycles. The molecule has 0 aromatic heterocycles. The topological polar surface area (TPSA) is 61.8 Å². The Morgan fingerprint density at radius 1 is 1.06 bits per heavy atom. The second-order valence-electron chi connectivity index (χ2n) is 4.06. The lowest BCUT2D eigenvalue weighted by Gasteiger charge is -2.18. The molecule has 0 aliphatic rings. The summed E-state index contributed by atoms with van der Waals surface area (Å²) in [6.07, 6.45) is -0.529. The van der Waals surface area contributed by atoms with Crippen LogP contribution in [0.4, 0.5) is 4.79 Å². The fourth-order valence-electron chi connectivity index (χ4n) is 1.39. The highest BCUT2D eigenvalue weighted by atomic mass is 16.7. The summed E-state index contributed by atoms with van der Waals surface area (Å²) in [7, 11) is 0. The summed E-state index contributed by atoms with van der Waals surface area (Å²) >= 11 is 0. The van der Waals surface area contributed by atoms with Gasteiger partial charge in [0.15, 0.2) is 0 Å². The fourth-order valence-corrected chi connectivity index (χ4v) is 1.39. The number of esters is 1. The first kappa shape index (κ1) is 15.7. The average molecular weight is 246 g/mol. The van der Waals surface area contributed by atoms with Crippen molar-refractivity contribution in [3.8, 4) is 0 Å². The minimum atomic E-state index is -0.734. The first-order valence-electron chi connectivity index (χ1n) is 5.98. The number of hydrogen-bond donors (Lipinski definition) is 0. The van der Waals surface area contributed by atoms with Crippen LogP contribution in [0.15, 0.2) is 0 Å². The molecule has 1 atom stereocenters. The van der Waals surface area contributed by atoms with Crippen molar-refractivity contribution >= 4 is 12.1 Å². The van der Waals surface area contributed by atoms with Gasteiger partial charge < -0.3 is 14.2 Å². The molecule has 5 heteroatoms. The van der Waals surface area contributed by atoms with E-state index in [0.29, 0.717) is 18.9 Å². The van der Waals surface area contributed by atoms with Gasteiger partial charge in [0, 0.05) is 0 Å². The van der Waals surface area contributed by atoms with Crippen molar-refractivity contribution in [3.63, 3.8) is 0 Å². The number of carbonyl (C=O) groups is 2. The maximum Gasteiger partial charge on any atom is 0.508 e.